The summed E-state index contributed by atoms with van der Waals surface area (Å²) in [7, 11) is 0. The fourth-order valence-electron chi connectivity index (χ4n) is 10.7. The first kappa shape index (κ1) is 72.4. The zero-order chi connectivity index (χ0) is 69.1. The number of aromatic amines is 1. The van der Waals surface area contributed by atoms with E-state index in [1.807, 2.05) is 42.5 Å². The molecule has 0 spiro atoms. The molecule has 0 radical (unpaired) electrons. The molecule has 1 aliphatic rings. The lowest BCUT2D eigenvalue weighted by Crippen LogP contribution is -2.60. The number of aromatic nitrogens is 1. The number of aliphatic imine (C=N–C) groups is 1. The molecule has 7 rings (SSSR count). The largest absolute Gasteiger partial charge is 0.508 e. The highest BCUT2D eigenvalue weighted by molar-refractivity contribution is 5.98. The minimum atomic E-state index is -1.77. The van der Waals surface area contributed by atoms with Crippen molar-refractivity contribution in [2.45, 2.75) is 121 Å². The van der Waals surface area contributed by atoms with E-state index in [-0.39, 0.29) is 82.3 Å². The Morgan fingerprint density at radius 3 is 1.79 bits per heavy atom. The number of nitrogens with two attached hydrogens (primary N) is 3. The van der Waals surface area contributed by atoms with Crippen LogP contribution in [0.15, 0.2) is 145 Å². The van der Waals surface area contributed by atoms with Crippen molar-refractivity contribution in [3.05, 3.63) is 167 Å². The van der Waals surface area contributed by atoms with Crippen molar-refractivity contribution in [3.8, 4) is 11.5 Å². The van der Waals surface area contributed by atoms with Gasteiger partial charge in [-0.05, 0) is 96.2 Å². The first-order chi connectivity index (χ1) is 46.1. The summed E-state index contributed by atoms with van der Waals surface area (Å²) >= 11 is 0. The average molecular weight is 1320 g/mol. The van der Waals surface area contributed by atoms with E-state index in [0.29, 0.717) is 51.9 Å². The van der Waals surface area contributed by atoms with Crippen LogP contribution in [0.1, 0.15) is 73.8 Å². The van der Waals surface area contributed by atoms with Crippen molar-refractivity contribution in [2.24, 2.45) is 28.1 Å². The van der Waals surface area contributed by atoms with E-state index in [1.54, 1.807) is 86.8 Å². The van der Waals surface area contributed by atoms with Gasteiger partial charge in [-0.25, -0.2) is 4.79 Å². The molecule has 1 aromatic heterocycles. The van der Waals surface area contributed by atoms with E-state index >= 15 is 0 Å². The molecule has 1 fully saturated rings. The summed E-state index contributed by atoms with van der Waals surface area (Å²) in [5.41, 5.74) is 20.2. The Hall–Kier alpha value is -11.0. The SMILES string of the molecule is CC(C)C[C@H](NC(=O)CNC(=O)[C@H](Cc1ccc(O)cc1)NC(=O)[C@H](CO)NC(=O)[C@H](Cc1c[nH]c2ccccc12)NC(=O)[C@H](Cc1ccc(OCc2ccccc2)cc1)NC(=O)OCc1ccccc1)C(=O)N[C@@H](CCCN=C(N)N)C(=O)N1CCC[C@H]1C(=O)NCC(N)=O. The quantitative estimate of drug-likeness (QED) is 0.0150. The topological polar surface area (TPSA) is 435 Å². The van der Waals surface area contributed by atoms with E-state index < -0.39 is 121 Å². The van der Waals surface area contributed by atoms with Gasteiger partial charge in [-0.1, -0.05) is 117 Å². The van der Waals surface area contributed by atoms with Crippen LogP contribution in [0.25, 0.3) is 10.9 Å². The van der Waals surface area contributed by atoms with Gasteiger partial charge in [0, 0.05) is 49.5 Å². The van der Waals surface area contributed by atoms with Crippen molar-refractivity contribution < 1.29 is 67.6 Å². The normalized spacial score (nSPS) is 14.5. The Kier molecular flexibility index (Phi) is 27.5. The highest BCUT2D eigenvalue weighted by Crippen LogP contribution is 2.23. The number of rotatable bonds is 35. The number of benzene rings is 5. The lowest BCUT2D eigenvalue weighted by Gasteiger charge is -2.30. The molecule has 17 N–H and O–H groups in total. The predicted octanol–water partition coefficient (Wildman–Crippen LogP) is 1.00. The monoisotopic (exact) mass is 1320 g/mol. The molecule has 7 atom stereocenters. The van der Waals surface area contributed by atoms with Crippen LogP contribution in [-0.2, 0) is 80.4 Å². The fraction of sp³-hybridized carbons (Fsp3) is 0.368. The third-order valence-corrected chi connectivity index (χ3v) is 15.6. The number of carbonyl (C=O) groups excluding carboxylic acids is 10. The number of guanidine groups is 1. The molecule has 1 saturated heterocycles. The zero-order valence-corrected chi connectivity index (χ0v) is 53.4. The first-order valence-corrected chi connectivity index (χ1v) is 31.5. The third-order valence-electron chi connectivity index (χ3n) is 15.6. The molecule has 2 heterocycles. The van der Waals surface area contributed by atoms with Gasteiger partial charge < -0.3 is 89.3 Å². The maximum atomic E-state index is 14.7. The number of hydrogen-bond acceptors (Lipinski definition) is 15. The number of nitrogens with one attached hydrogen (secondary N) is 9. The number of nitrogens with zero attached hydrogens (tertiary/aromatic N) is 2. The van der Waals surface area contributed by atoms with E-state index in [2.05, 4.69) is 52.5 Å². The van der Waals surface area contributed by atoms with Gasteiger partial charge in [0.1, 0.15) is 67.0 Å². The number of para-hydroxylation sites is 1. The zero-order valence-electron chi connectivity index (χ0n) is 53.4. The number of fused-ring (bicyclic) bond motifs is 1. The number of likely N-dealkylation sites (tertiary alicyclic amines) is 1. The second kappa shape index (κ2) is 36.4. The number of ether oxygens (including phenoxy) is 2. The molecule has 1 aliphatic heterocycles. The van der Waals surface area contributed by atoms with Crippen molar-refractivity contribution in [1.82, 2.24) is 52.4 Å². The van der Waals surface area contributed by atoms with E-state index in [0.717, 1.165) is 5.56 Å². The molecule has 0 unspecified atom stereocenters. The van der Waals surface area contributed by atoms with Gasteiger partial charge in [0.15, 0.2) is 5.96 Å². The highest BCUT2D eigenvalue weighted by Gasteiger charge is 2.39. The minimum absolute atomic E-state index is 0.0143. The van der Waals surface area contributed by atoms with E-state index in [1.165, 1.54) is 29.2 Å². The average Bonchev–Trinajstić information content (AvgIpc) is 1.64. The maximum Gasteiger partial charge on any atom is 0.408 e. The maximum absolute atomic E-state index is 14.7. The summed E-state index contributed by atoms with van der Waals surface area (Å²) < 4.78 is 11.5. The molecular formula is C68H84N14O14. The summed E-state index contributed by atoms with van der Waals surface area (Å²) in [6.45, 7) is 1.80. The van der Waals surface area contributed by atoms with E-state index in [4.69, 9.17) is 26.7 Å². The van der Waals surface area contributed by atoms with Crippen molar-refractivity contribution in [3.63, 3.8) is 0 Å². The highest BCUT2D eigenvalue weighted by atomic mass is 16.5. The van der Waals surface area contributed by atoms with Crippen LogP contribution in [0.2, 0.25) is 0 Å². The van der Waals surface area contributed by atoms with Crippen LogP contribution in [0, 0.1) is 5.92 Å². The van der Waals surface area contributed by atoms with Gasteiger partial charge in [0.25, 0.3) is 0 Å². The molecule has 28 heteroatoms. The standard InChI is InChI=1S/C68H84N14O14/c1-41(2)31-52(61(88)77-51(19-11-29-72-67(70)71)66(93)82-30-12-20-57(82)65(92)74-36-58(69)85)76-59(86)37-75-60(87)53(32-42-21-25-47(84)26-22-42)78-64(91)56(38-83)80-63(90)55(34-46-35-73-50-18-10-9-17-49(46)50)79-62(89)54(81-68(94)96-40-45-15-7-4-8-16-45)33-43-23-27-48(28-24-43)95-39-44-13-5-3-6-14-44/h3-10,13-18,21-28,35,41,51-57,73,83-84H,11-12,19-20,29-34,36-40H2,1-2H3,(H2,69,85)(H,74,92)(H,75,87)(H,76,86)(H,77,88)(H,78,91)(H,79,89)(H,80,90)(H,81,94)(H4,70,71,72)/t51-,52-,53-,54-,55-,56-,57-/m0/s1. The number of amides is 10. The van der Waals surface area contributed by atoms with Gasteiger partial charge in [0.2, 0.25) is 53.2 Å². The van der Waals surface area contributed by atoms with Crippen molar-refractivity contribution >= 4 is 76.1 Å². The van der Waals surface area contributed by atoms with Gasteiger partial charge in [-0.3, -0.25) is 48.1 Å². The molecule has 0 bridgehead atoms. The lowest BCUT2D eigenvalue weighted by atomic mass is 10.0. The summed E-state index contributed by atoms with van der Waals surface area (Å²) in [6.07, 6.45) is 1.22. The van der Waals surface area contributed by atoms with Crippen LogP contribution in [0.5, 0.6) is 11.5 Å². The summed E-state index contributed by atoms with van der Waals surface area (Å²) in [5, 5.41) is 42.4. The van der Waals surface area contributed by atoms with Gasteiger partial charge in [0.05, 0.1) is 19.7 Å². The number of aliphatic hydroxyl groups is 1. The van der Waals surface area contributed by atoms with Gasteiger partial charge in [-0.2, -0.15) is 0 Å². The summed E-state index contributed by atoms with van der Waals surface area (Å²) in [5.74, 6) is -7.33. The van der Waals surface area contributed by atoms with Crippen molar-refractivity contribution in [1.29, 1.82) is 0 Å². The van der Waals surface area contributed by atoms with Crippen LogP contribution in [-0.4, -0.2) is 160 Å². The summed E-state index contributed by atoms with van der Waals surface area (Å²) in [6, 6.07) is 28.6. The number of phenolic OH excluding ortho intramolecular Hbond substituents is 1. The van der Waals surface area contributed by atoms with Crippen LogP contribution in [0.3, 0.4) is 0 Å². The van der Waals surface area contributed by atoms with Gasteiger partial charge >= 0.3 is 6.09 Å². The molecule has 10 amide bonds. The van der Waals surface area contributed by atoms with Crippen molar-refractivity contribution in [2.75, 3.05) is 32.8 Å². The second-order valence-electron chi connectivity index (χ2n) is 23.5. The number of aromatic hydroxyl groups is 1. The van der Waals surface area contributed by atoms with Crippen LogP contribution >= 0.6 is 0 Å². The first-order valence-electron chi connectivity index (χ1n) is 31.5. The van der Waals surface area contributed by atoms with Gasteiger partial charge in [-0.15, -0.1) is 0 Å². The Morgan fingerprint density at radius 2 is 1.17 bits per heavy atom. The Labute approximate surface area is 554 Å². The number of phenols is 1. The number of alkyl carbamates (subject to hydrolysis) is 1. The Morgan fingerprint density at radius 1 is 0.604 bits per heavy atom. The fourth-order valence-corrected chi connectivity index (χ4v) is 10.7. The molecule has 510 valence electrons. The number of H-pyrrole nitrogens is 1. The summed E-state index contributed by atoms with van der Waals surface area (Å²) in [4.78, 5) is 147. The third kappa shape index (κ3) is 22.9. The Balaban J connectivity index is 1.06. The Bertz CT molecular complexity index is 3640. The predicted molar refractivity (Wildman–Crippen MR) is 354 cm³/mol. The molecular weight excluding hydrogens is 1240 g/mol. The minimum Gasteiger partial charge on any atom is -0.508 e. The molecule has 5 aromatic carbocycles. The molecule has 0 aliphatic carbocycles. The number of carbonyl (C=O) groups is 10. The smallest absolute Gasteiger partial charge is 0.408 e. The van der Waals surface area contributed by atoms with Crippen LogP contribution < -0.4 is 64.5 Å². The molecule has 96 heavy (non-hydrogen) atoms. The second-order valence-corrected chi connectivity index (χ2v) is 23.5. The number of aliphatic hydroxyl groups excluding tert-OH is 1. The molecule has 28 nitrogen and oxygen atoms in total. The number of primary amides is 1. The number of hydrogen-bond donors (Lipinski definition) is 14. The molecule has 0 saturated carbocycles. The van der Waals surface area contributed by atoms with E-state index in [9.17, 15) is 58.2 Å². The lowest BCUT2D eigenvalue weighted by molar-refractivity contribution is -0.142. The van der Waals surface area contributed by atoms with Crippen LogP contribution in [0.4, 0.5) is 4.79 Å². The molecule has 6 aromatic rings.